The molecule has 0 unspecified atom stereocenters. The van der Waals surface area contributed by atoms with Crippen LogP contribution in [-0.2, 0) is 0 Å². The van der Waals surface area contributed by atoms with Crippen LogP contribution in [0.5, 0.6) is 0 Å². The molecule has 0 bridgehead atoms. The second-order valence-corrected chi connectivity index (χ2v) is 7.89. The Morgan fingerprint density at radius 1 is 0.969 bits per heavy atom. The summed E-state index contributed by atoms with van der Waals surface area (Å²) >= 11 is 0. The van der Waals surface area contributed by atoms with Crippen LogP contribution in [0.2, 0.25) is 0 Å². The van der Waals surface area contributed by atoms with Gasteiger partial charge in [0.1, 0.15) is 11.5 Å². The van der Waals surface area contributed by atoms with Gasteiger partial charge in [-0.3, -0.25) is 20.1 Å². The number of nitrogens with zero attached hydrogens (tertiary/aromatic N) is 4. The van der Waals surface area contributed by atoms with Crippen molar-refractivity contribution < 1.29 is 4.39 Å². The van der Waals surface area contributed by atoms with Crippen LogP contribution >= 0.6 is 0 Å². The number of aromatic nitrogens is 5. The summed E-state index contributed by atoms with van der Waals surface area (Å²) in [6, 6.07) is 12.4. The van der Waals surface area contributed by atoms with Crippen LogP contribution in [0, 0.1) is 5.82 Å². The van der Waals surface area contributed by atoms with Crippen LogP contribution in [0.25, 0.3) is 50.0 Å². The summed E-state index contributed by atoms with van der Waals surface area (Å²) in [6.45, 7) is 5.90. The van der Waals surface area contributed by atoms with E-state index in [0.717, 1.165) is 61.4 Å². The number of pyridine rings is 2. The van der Waals surface area contributed by atoms with E-state index in [0.29, 0.717) is 0 Å². The van der Waals surface area contributed by atoms with Crippen molar-refractivity contribution in [2.75, 3.05) is 0 Å². The van der Waals surface area contributed by atoms with Gasteiger partial charge in [0.25, 0.3) is 0 Å². The molecule has 0 amide bonds. The molecular weight excluding hydrogens is 403 g/mol. The van der Waals surface area contributed by atoms with Crippen molar-refractivity contribution in [3.8, 4) is 22.6 Å². The first-order valence-corrected chi connectivity index (χ1v) is 10.3. The number of hydrogen-bond donors (Lipinski definition) is 2. The van der Waals surface area contributed by atoms with Crippen LogP contribution in [0.3, 0.4) is 0 Å². The molecule has 4 aromatic heterocycles. The Morgan fingerprint density at radius 3 is 2.62 bits per heavy atom. The average Bonchev–Trinajstić information content (AvgIpc) is 3.40. The van der Waals surface area contributed by atoms with E-state index < -0.39 is 0 Å². The van der Waals surface area contributed by atoms with Gasteiger partial charge in [-0.1, -0.05) is 12.1 Å². The topological polar surface area (TPSA) is 82.6 Å². The molecule has 5 aromatic rings. The monoisotopic (exact) mass is 424 g/mol. The number of nitrogens with one attached hydrogen (secondary N) is 2. The molecule has 0 saturated carbocycles. The summed E-state index contributed by atoms with van der Waals surface area (Å²) in [5.41, 5.74) is 7.61. The fourth-order valence-electron chi connectivity index (χ4n) is 3.68. The summed E-state index contributed by atoms with van der Waals surface area (Å²) in [5.74, 6) is -0.290. The second kappa shape index (κ2) is 7.85. The maximum absolute atomic E-state index is 13.8. The molecule has 5 rings (SSSR count). The third kappa shape index (κ3) is 3.58. The van der Waals surface area contributed by atoms with Gasteiger partial charge in [0.15, 0.2) is 0 Å². The molecule has 0 spiro atoms. The van der Waals surface area contributed by atoms with Crippen LogP contribution in [0.15, 0.2) is 66.1 Å². The van der Waals surface area contributed by atoms with Crippen LogP contribution < -0.4 is 0 Å². The van der Waals surface area contributed by atoms with E-state index in [9.17, 15) is 4.39 Å². The van der Waals surface area contributed by atoms with E-state index in [4.69, 9.17) is 0 Å². The van der Waals surface area contributed by atoms with E-state index in [1.165, 1.54) is 12.1 Å². The molecule has 4 heterocycles. The van der Waals surface area contributed by atoms with Crippen molar-refractivity contribution in [1.29, 1.82) is 0 Å². The molecule has 0 saturated heterocycles. The molecule has 2 N–H and O–H groups in total. The third-order valence-electron chi connectivity index (χ3n) is 5.27. The van der Waals surface area contributed by atoms with Crippen molar-refractivity contribution >= 4 is 33.1 Å². The normalized spacial score (nSPS) is 11.9. The van der Waals surface area contributed by atoms with Gasteiger partial charge in [-0.15, -0.1) is 0 Å². The van der Waals surface area contributed by atoms with Gasteiger partial charge < -0.3 is 4.98 Å². The summed E-state index contributed by atoms with van der Waals surface area (Å²) in [4.78, 5) is 16.8. The van der Waals surface area contributed by atoms with Gasteiger partial charge in [0, 0.05) is 40.0 Å². The number of halogens is 1. The molecular formula is C25H21FN6. The lowest BCUT2D eigenvalue weighted by Gasteiger charge is -2.02. The zero-order valence-electron chi connectivity index (χ0n) is 17.9. The maximum Gasteiger partial charge on any atom is 0.123 e. The fraction of sp³-hybridized carbons (Fsp3) is 0.120. The van der Waals surface area contributed by atoms with Gasteiger partial charge in [0.2, 0.25) is 0 Å². The molecule has 1 aromatic carbocycles. The molecule has 0 fully saturated rings. The van der Waals surface area contributed by atoms with Crippen molar-refractivity contribution in [1.82, 2.24) is 25.1 Å². The Labute approximate surface area is 184 Å². The highest BCUT2D eigenvalue weighted by Crippen LogP contribution is 2.33. The van der Waals surface area contributed by atoms with E-state index in [1.807, 2.05) is 51.2 Å². The van der Waals surface area contributed by atoms with Crippen LogP contribution in [-0.4, -0.2) is 30.9 Å². The Morgan fingerprint density at radius 2 is 1.81 bits per heavy atom. The van der Waals surface area contributed by atoms with E-state index >= 15 is 0 Å². The number of allylic oxidation sites excluding steroid dienone is 1. The zero-order valence-corrected chi connectivity index (χ0v) is 17.9. The van der Waals surface area contributed by atoms with Crippen molar-refractivity contribution in [2.24, 2.45) is 4.99 Å². The molecule has 7 heteroatoms. The lowest BCUT2D eigenvalue weighted by atomic mass is 10.1. The largest absolute Gasteiger partial charge is 0.353 e. The first-order valence-electron chi connectivity index (χ1n) is 10.3. The minimum Gasteiger partial charge on any atom is -0.353 e. The molecule has 0 aliphatic rings. The summed E-state index contributed by atoms with van der Waals surface area (Å²) in [6.07, 6.45) is 5.32. The minimum atomic E-state index is -0.290. The standard InChI is InChI=1S/C25H21FN6/c1-14(2)28-12-15(3)21-10-19-23(13-29-21)31-32-25(19)22-11-18-20(30-22)7-8-27-24(18)16-5-4-6-17(26)9-16/h4-13,30H,1-3H3,(H,31,32)/b15-12+. The Kier molecular flexibility index (Phi) is 4.86. The predicted molar refractivity (Wildman–Crippen MR) is 127 cm³/mol. The van der Waals surface area contributed by atoms with Crippen molar-refractivity contribution in [2.45, 2.75) is 20.8 Å². The van der Waals surface area contributed by atoms with E-state index in [1.54, 1.807) is 18.5 Å². The Bertz CT molecular complexity index is 1520. The predicted octanol–water partition coefficient (Wildman–Crippen LogP) is 6.15. The SMILES string of the molecule is CC(C)=N/C=C(\C)c1cc2c(-c3cc4c(-c5cccc(F)c5)nccc4[nH]3)n[nH]c2cn1. The lowest BCUT2D eigenvalue weighted by Crippen LogP contribution is -1.87. The number of fused-ring (bicyclic) bond motifs is 2. The van der Waals surface area contributed by atoms with E-state index in [-0.39, 0.29) is 5.82 Å². The maximum atomic E-state index is 13.8. The number of benzene rings is 1. The molecule has 0 radical (unpaired) electrons. The minimum absolute atomic E-state index is 0.290. The Balaban J connectivity index is 1.63. The molecule has 158 valence electrons. The van der Waals surface area contributed by atoms with Crippen molar-refractivity contribution in [3.63, 3.8) is 0 Å². The smallest absolute Gasteiger partial charge is 0.123 e. The van der Waals surface area contributed by atoms with Gasteiger partial charge in [0.05, 0.1) is 28.8 Å². The number of aliphatic imine (C=N–C) groups is 1. The first-order chi connectivity index (χ1) is 15.5. The van der Waals surface area contributed by atoms with Gasteiger partial charge in [-0.05, 0) is 56.7 Å². The molecule has 0 aliphatic carbocycles. The molecule has 32 heavy (non-hydrogen) atoms. The first kappa shape index (κ1) is 19.8. The summed E-state index contributed by atoms with van der Waals surface area (Å²) in [7, 11) is 0. The fourth-order valence-corrected chi connectivity index (χ4v) is 3.68. The van der Waals surface area contributed by atoms with Crippen molar-refractivity contribution in [3.05, 3.63) is 72.6 Å². The summed E-state index contributed by atoms with van der Waals surface area (Å²) < 4.78 is 13.8. The molecule has 0 aliphatic heterocycles. The highest BCUT2D eigenvalue weighted by molar-refractivity contribution is 6.00. The quantitative estimate of drug-likeness (QED) is 0.340. The second-order valence-electron chi connectivity index (χ2n) is 7.89. The summed E-state index contributed by atoms with van der Waals surface area (Å²) in [5, 5.41) is 9.44. The highest BCUT2D eigenvalue weighted by atomic mass is 19.1. The average molecular weight is 424 g/mol. The van der Waals surface area contributed by atoms with Crippen LogP contribution in [0.4, 0.5) is 4.39 Å². The number of H-pyrrole nitrogens is 2. The zero-order chi connectivity index (χ0) is 22.2. The molecule has 6 nitrogen and oxygen atoms in total. The van der Waals surface area contributed by atoms with Gasteiger partial charge in [-0.2, -0.15) is 5.10 Å². The molecule has 0 atom stereocenters. The number of rotatable bonds is 4. The third-order valence-corrected chi connectivity index (χ3v) is 5.27. The van der Waals surface area contributed by atoms with Crippen LogP contribution in [0.1, 0.15) is 26.5 Å². The number of aromatic amines is 2. The van der Waals surface area contributed by atoms with Gasteiger partial charge in [-0.25, -0.2) is 4.39 Å². The van der Waals surface area contributed by atoms with Gasteiger partial charge >= 0.3 is 0 Å². The highest BCUT2D eigenvalue weighted by Gasteiger charge is 2.15. The van der Waals surface area contributed by atoms with E-state index in [2.05, 4.69) is 30.1 Å². The number of hydrogen-bond acceptors (Lipinski definition) is 4. The Hall–Kier alpha value is -4.13. The lowest BCUT2D eigenvalue weighted by molar-refractivity contribution is 0.628.